The van der Waals surface area contributed by atoms with Crippen molar-refractivity contribution in [2.24, 2.45) is 0 Å². The first-order valence-corrected chi connectivity index (χ1v) is 10.3. The maximum atomic E-state index is 6.41. The van der Waals surface area contributed by atoms with E-state index in [1.165, 1.54) is 12.0 Å². The molecule has 4 rings (SSSR count). The van der Waals surface area contributed by atoms with E-state index in [2.05, 4.69) is 13.0 Å². The Bertz CT molecular complexity index is 1080. The van der Waals surface area contributed by atoms with Crippen LogP contribution in [-0.2, 0) is 0 Å². The highest BCUT2D eigenvalue weighted by atomic mass is 16.5. The van der Waals surface area contributed by atoms with Crippen LogP contribution in [0.1, 0.15) is 43.1 Å². The first-order valence-electron chi connectivity index (χ1n) is 10.3. The van der Waals surface area contributed by atoms with E-state index >= 15 is 0 Å². The Kier molecular flexibility index (Phi) is 5.62. The molecule has 0 N–H and O–H groups in total. The van der Waals surface area contributed by atoms with Crippen molar-refractivity contribution in [2.45, 2.75) is 33.1 Å². The highest BCUT2D eigenvalue weighted by Gasteiger charge is 2.25. The summed E-state index contributed by atoms with van der Waals surface area (Å²) in [6, 6.07) is 10.0. The van der Waals surface area contributed by atoms with Gasteiger partial charge in [0.2, 0.25) is 5.75 Å². The molecule has 30 heavy (non-hydrogen) atoms. The van der Waals surface area contributed by atoms with Gasteiger partial charge in [-0.2, -0.15) is 0 Å². The molecule has 0 bridgehead atoms. The molecule has 0 aliphatic heterocycles. The molecule has 0 spiro atoms. The number of rotatable bonds is 7. The van der Waals surface area contributed by atoms with E-state index in [1.54, 1.807) is 21.3 Å². The zero-order valence-electron chi connectivity index (χ0n) is 18.3. The van der Waals surface area contributed by atoms with Crippen LogP contribution in [0.3, 0.4) is 0 Å². The second-order valence-corrected chi connectivity index (χ2v) is 7.39. The molecule has 0 unspecified atom stereocenters. The van der Waals surface area contributed by atoms with Gasteiger partial charge < -0.3 is 23.4 Å². The molecule has 1 aromatic heterocycles. The second-order valence-electron chi connectivity index (χ2n) is 7.39. The molecule has 158 valence electrons. The van der Waals surface area contributed by atoms with Crippen LogP contribution in [0.25, 0.3) is 16.5 Å². The molecule has 3 aromatic rings. The lowest BCUT2D eigenvalue weighted by Crippen LogP contribution is -2.04. The highest BCUT2D eigenvalue weighted by Crippen LogP contribution is 2.46. The highest BCUT2D eigenvalue weighted by molar-refractivity contribution is 5.92. The van der Waals surface area contributed by atoms with Crippen molar-refractivity contribution in [1.29, 1.82) is 0 Å². The van der Waals surface area contributed by atoms with Gasteiger partial charge in [0.25, 0.3) is 0 Å². The summed E-state index contributed by atoms with van der Waals surface area (Å²) in [6.45, 7) is 4.71. The Morgan fingerprint density at radius 1 is 0.967 bits per heavy atom. The van der Waals surface area contributed by atoms with Gasteiger partial charge in [-0.25, -0.2) is 0 Å². The smallest absolute Gasteiger partial charge is 0.203 e. The topological polar surface area (TPSA) is 50.1 Å². The predicted molar refractivity (Wildman–Crippen MR) is 118 cm³/mol. The summed E-state index contributed by atoms with van der Waals surface area (Å²) in [5.41, 5.74) is 5.46. The number of benzene rings is 2. The van der Waals surface area contributed by atoms with Crippen LogP contribution in [0.15, 0.2) is 40.3 Å². The molecule has 5 nitrogen and oxygen atoms in total. The van der Waals surface area contributed by atoms with Crippen molar-refractivity contribution in [3.8, 4) is 23.0 Å². The molecule has 0 amide bonds. The van der Waals surface area contributed by atoms with Crippen LogP contribution in [0.4, 0.5) is 0 Å². The fourth-order valence-corrected chi connectivity index (χ4v) is 4.03. The van der Waals surface area contributed by atoms with Crippen molar-refractivity contribution < 1.29 is 23.4 Å². The number of furan rings is 1. The van der Waals surface area contributed by atoms with Gasteiger partial charge in [0, 0.05) is 22.6 Å². The number of allylic oxidation sites excluding steroid dienone is 1. The molecule has 0 radical (unpaired) electrons. The molecule has 1 heterocycles. The summed E-state index contributed by atoms with van der Waals surface area (Å²) in [5.74, 6) is 3.57. The molecule has 1 aliphatic carbocycles. The fraction of sp³-hybridized carbons (Fsp3) is 0.360. The van der Waals surface area contributed by atoms with Gasteiger partial charge in [-0.15, -0.1) is 0 Å². The first kappa shape index (κ1) is 20.2. The van der Waals surface area contributed by atoms with Gasteiger partial charge in [0.1, 0.15) is 17.1 Å². The van der Waals surface area contributed by atoms with Crippen molar-refractivity contribution in [1.82, 2.24) is 0 Å². The largest absolute Gasteiger partial charge is 0.494 e. The Morgan fingerprint density at radius 3 is 2.20 bits per heavy atom. The quantitative estimate of drug-likeness (QED) is 0.469. The molecule has 1 aliphatic rings. The summed E-state index contributed by atoms with van der Waals surface area (Å²) in [6.07, 6.45) is 3.32. The average Bonchev–Trinajstić information content (AvgIpc) is 3.05. The van der Waals surface area contributed by atoms with Crippen LogP contribution >= 0.6 is 0 Å². The zero-order chi connectivity index (χ0) is 21.3. The summed E-state index contributed by atoms with van der Waals surface area (Å²) in [4.78, 5) is 0. The Labute approximate surface area is 177 Å². The minimum Gasteiger partial charge on any atom is -0.494 e. The lowest BCUT2D eigenvalue weighted by molar-refractivity contribution is 0.324. The SMILES string of the molecule is CCOc1ccc2c(C)c(C(=C3CCC3)c3cc(OC)c(OC)c(OC)c3)oc2c1. The van der Waals surface area contributed by atoms with Gasteiger partial charge in [0.05, 0.1) is 27.9 Å². The Hall–Kier alpha value is -3.08. The number of aryl methyl sites for hydroxylation is 1. The van der Waals surface area contributed by atoms with Gasteiger partial charge in [-0.3, -0.25) is 0 Å². The summed E-state index contributed by atoms with van der Waals surface area (Å²) < 4.78 is 28.8. The van der Waals surface area contributed by atoms with E-state index in [1.807, 2.05) is 31.2 Å². The third kappa shape index (κ3) is 3.38. The van der Waals surface area contributed by atoms with Crippen LogP contribution in [-0.4, -0.2) is 27.9 Å². The predicted octanol–water partition coefficient (Wildman–Crippen LogP) is 6.15. The van der Waals surface area contributed by atoms with Crippen LogP contribution in [0.2, 0.25) is 0 Å². The van der Waals surface area contributed by atoms with Gasteiger partial charge in [-0.05, 0) is 62.9 Å². The van der Waals surface area contributed by atoms with E-state index in [4.69, 9.17) is 23.4 Å². The molecule has 1 fully saturated rings. The molecule has 0 atom stereocenters. The second kappa shape index (κ2) is 8.34. The van der Waals surface area contributed by atoms with E-state index in [9.17, 15) is 0 Å². The first-order chi connectivity index (χ1) is 14.6. The maximum Gasteiger partial charge on any atom is 0.203 e. The summed E-state index contributed by atoms with van der Waals surface area (Å²) in [5, 5.41) is 1.10. The summed E-state index contributed by atoms with van der Waals surface area (Å²) in [7, 11) is 4.89. The number of hydrogen-bond acceptors (Lipinski definition) is 5. The molecule has 2 aromatic carbocycles. The molecular formula is C25H28O5. The van der Waals surface area contributed by atoms with Gasteiger partial charge in [0.15, 0.2) is 11.5 Å². The van der Waals surface area contributed by atoms with E-state index < -0.39 is 0 Å². The van der Waals surface area contributed by atoms with Crippen molar-refractivity contribution in [2.75, 3.05) is 27.9 Å². The molecule has 0 saturated heterocycles. The third-order valence-electron chi connectivity index (χ3n) is 5.71. The minimum absolute atomic E-state index is 0.587. The van der Waals surface area contributed by atoms with Crippen molar-refractivity contribution >= 4 is 16.5 Å². The Balaban J connectivity index is 1.91. The van der Waals surface area contributed by atoms with Crippen molar-refractivity contribution in [3.63, 3.8) is 0 Å². The Morgan fingerprint density at radius 2 is 1.67 bits per heavy atom. The monoisotopic (exact) mass is 408 g/mol. The average molecular weight is 408 g/mol. The maximum absolute atomic E-state index is 6.41. The van der Waals surface area contributed by atoms with E-state index in [0.29, 0.717) is 23.9 Å². The zero-order valence-corrected chi connectivity index (χ0v) is 18.3. The number of hydrogen-bond donors (Lipinski definition) is 0. The van der Waals surface area contributed by atoms with E-state index in [0.717, 1.165) is 52.0 Å². The molecular weight excluding hydrogens is 380 g/mol. The number of methoxy groups -OCH3 is 3. The minimum atomic E-state index is 0.587. The normalized spacial score (nSPS) is 13.2. The summed E-state index contributed by atoms with van der Waals surface area (Å²) >= 11 is 0. The van der Waals surface area contributed by atoms with E-state index in [-0.39, 0.29) is 0 Å². The van der Waals surface area contributed by atoms with Crippen LogP contribution in [0.5, 0.6) is 23.0 Å². The van der Waals surface area contributed by atoms with Crippen LogP contribution in [0, 0.1) is 6.92 Å². The van der Waals surface area contributed by atoms with Gasteiger partial charge >= 0.3 is 0 Å². The standard InChI is InChI=1S/C25H28O5/c1-6-29-18-10-11-19-15(2)24(30-20(19)14-18)23(16-8-7-9-16)17-12-21(26-3)25(28-5)22(13-17)27-4/h10-14H,6-9H2,1-5H3. The van der Waals surface area contributed by atoms with Gasteiger partial charge in [-0.1, -0.05) is 5.57 Å². The fourth-order valence-electron chi connectivity index (χ4n) is 4.03. The number of ether oxygens (including phenoxy) is 4. The lowest BCUT2D eigenvalue weighted by Gasteiger charge is -2.23. The third-order valence-corrected chi connectivity index (χ3v) is 5.71. The molecule has 1 saturated carbocycles. The van der Waals surface area contributed by atoms with Crippen molar-refractivity contribution in [3.05, 3.63) is 52.8 Å². The van der Waals surface area contributed by atoms with Crippen LogP contribution < -0.4 is 18.9 Å². The lowest BCUT2D eigenvalue weighted by atomic mass is 9.83. The molecule has 5 heteroatoms. The number of fused-ring (bicyclic) bond motifs is 1.